The van der Waals surface area contributed by atoms with Crippen molar-refractivity contribution in [1.82, 2.24) is 40.2 Å². The summed E-state index contributed by atoms with van der Waals surface area (Å²) >= 11 is 10.7. The van der Waals surface area contributed by atoms with Crippen molar-refractivity contribution in [3.05, 3.63) is 79.7 Å². The standard InChI is InChI=1S/C46H70N5O14PS2.C44H66N5O14PS2/c1-11-27(4)32(23-37(53)35-14-12-13-19-50(35)9)43(56)51(10)36(26(2)3)24-39(63-29(6)52)42-49-34(25-68-42)41(55)47-31(20-28(5)44(57)58)21-30-15-16-38(64-45(59)65-66(60,61)62)33(22-30)48-40(54)17-18-46(7,8)67;1-9-26(4)31(22-36(51)34-13-10-11-17-48(34)7)42(54)49(8)35(25(2)3)23-38(61-28(6)50)41-47-33(24-66-41)40(53)45-30(19-27(5)43(55)56)20-29-15-16-37(62-44(57)63-64(58,59)60)32(21-29)46-39(52)14-12-18-65/h15-16,22,25-28,31-32,35-36,39,67H,11-14,17-21,23-24H2,1-10H3,(H,47,55)(H,48,54)(H,57,58)(H2,60,61,62);15-16,21,24-27,30-31,34-35,38,65H,9-14,17-20,22-23H2,1-8H3,(H,45,53)(H,46,52)(H,55,56)(H2,58,59,60)/t27-,28?,31+,32-,35+,36+,39+;26-,27?,30+,31-,34+,35+,38+/m00/s1. The number of carboxylic acids is 2. The summed E-state index contributed by atoms with van der Waals surface area (Å²) in [6.07, 6.45) is 2.69. The fourth-order valence-corrected chi connectivity index (χ4v) is 18.4. The van der Waals surface area contributed by atoms with E-state index in [-0.39, 0.29) is 168 Å². The summed E-state index contributed by atoms with van der Waals surface area (Å²) in [5.41, 5.74) is 0.634. The maximum absolute atomic E-state index is 14.4. The highest BCUT2D eigenvalue weighted by atomic mass is 32.1. The Kier molecular flexibility index (Phi) is 46.9. The summed E-state index contributed by atoms with van der Waals surface area (Å²) in [5.74, 6) is -9.63. The molecule has 0 aliphatic carbocycles. The van der Waals surface area contributed by atoms with E-state index in [9.17, 15) is 86.5 Å². The van der Waals surface area contributed by atoms with Gasteiger partial charge in [-0.15, -0.1) is 22.7 Å². The van der Waals surface area contributed by atoms with Crippen LogP contribution >= 0.6 is 63.6 Å². The number of ketones is 2. The van der Waals surface area contributed by atoms with E-state index < -0.39 is 140 Å². The summed E-state index contributed by atoms with van der Waals surface area (Å²) in [4.78, 5) is 236. The van der Waals surface area contributed by atoms with E-state index in [1.807, 2.05) is 83.3 Å². The van der Waals surface area contributed by atoms with Crippen molar-refractivity contribution in [1.29, 1.82) is 0 Å². The minimum atomic E-state index is -5.28. The molecular weight excluding hydrogens is 1860 g/mol. The van der Waals surface area contributed by atoms with Crippen LogP contribution in [0.1, 0.15) is 267 Å². The number of rotatable bonds is 50. The van der Waals surface area contributed by atoms with Crippen molar-refractivity contribution in [3.63, 3.8) is 0 Å². The Morgan fingerprint density at radius 1 is 0.567 bits per heavy atom. The summed E-state index contributed by atoms with van der Waals surface area (Å²) < 4.78 is 51.5. The number of hydrogen-bond donors (Lipinski definition) is 12. The number of carbonyl (C=O) groups is 14. The highest BCUT2D eigenvalue weighted by Gasteiger charge is 2.42. The Hall–Kier alpha value is -8.80. The lowest BCUT2D eigenvalue weighted by molar-refractivity contribution is -0.150. The molecule has 2 aromatic carbocycles. The number of hydrogen-bond acceptors (Lipinski definition) is 30. The van der Waals surface area contributed by atoms with E-state index >= 15 is 0 Å². The molecule has 6 rings (SSSR count). The average Bonchev–Trinajstić information content (AvgIpc) is 1.61. The predicted molar refractivity (Wildman–Crippen MR) is 508 cm³/mol. The lowest BCUT2D eigenvalue weighted by atomic mass is 9.83. The molecule has 2 aromatic heterocycles. The molecule has 134 heavy (non-hydrogen) atoms. The van der Waals surface area contributed by atoms with Gasteiger partial charge in [-0.1, -0.05) is 121 Å². The number of carboxylic acid groups (broad SMARTS) is 2. The Labute approximate surface area is 802 Å². The van der Waals surface area contributed by atoms with E-state index in [1.54, 1.807) is 23.9 Å². The summed E-state index contributed by atoms with van der Waals surface area (Å²) in [5, 5.41) is 34.0. The lowest BCUT2D eigenvalue weighted by Crippen LogP contribution is -2.48. The topological polar surface area (TPSA) is 537 Å². The van der Waals surface area contributed by atoms with Crippen molar-refractivity contribution in [3.8, 4) is 11.5 Å². The SMILES string of the molecule is CC[C@H](C)[C@H](CC(=O)[C@H]1CCCCN1C)C(=O)N(C)[C@H](C[C@@H](OC(C)=O)c1nc(C(=O)N[C@@H](Cc2ccc(OC(=O)OP(=O)(O)O)c(NC(=O)CCC(C)(C)S)c2)CC(C)C(=O)O)cs1)C(C)C.CC[C@H](C)[C@H](CC(=O)[C@H]1CCCCN1C)C(=O)N(C)[C@H](C[C@@H](OC(C)=O)c1nc(C(=O)N[C@@H](Cc2ccc(OC(=O)OP(=O)(O)O)c(NC(=O)CCCS)c2)CC(C)C(=O)O)cs1)C(C)C. The van der Waals surface area contributed by atoms with Crippen LogP contribution in [0.3, 0.4) is 0 Å². The number of nitrogens with one attached hydrogen (secondary N) is 4. The fourth-order valence-electron chi connectivity index (χ4n) is 16.0. The Morgan fingerprint density at radius 2 is 0.933 bits per heavy atom. The first-order valence-electron chi connectivity index (χ1n) is 45.0. The zero-order valence-electron chi connectivity index (χ0n) is 79.6. The monoisotopic (exact) mass is 1990 g/mol. The molecule has 0 radical (unpaired) electrons. The van der Waals surface area contributed by atoms with Gasteiger partial charge >= 0.3 is 51.8 Å². The number of esters is 2. The normalized spacial score (nSPS) is 17.1. The molecule has 0 saturated carbocycles. The number of likely N-dealkylation sites (tertiary alicyclic amines) is 2. The molecule has 748 valence electrons. The van der Waals surface area contributed by atoms with Crippen LogP contribution in [0.5, 0.6) is 11.5 Å². The van der Waals surface area contributed by atoms with Gasteiger partial charge in [0.1, 0.15) is 21.4 Å². The quantitative estimate of drug-likeness (QED) is 0.00845. The number of ether oxygens (including phenoxy) is 4. The fraction of sp³-hybridized carbons (Fsp3) is 0.644. The number of amides is 6. The summed E-state index contributed by atoms with van der Waals surface area (Å²) in [6, 6.07) is 5.12. The van der Waals surface area contributed by atoms with Crippen molar-refractivity contribution in [2.24, 2.45) is 47.3 Å². The van der Waals surface area contributed by atoms with Gasteiger partial charge in [-0.25, -0.2) is 28.7 Å². The van der Waals surface area contributed by atoms with Crippen LogP contribution in [0.4, 0.5) is 21.0 Å². The molecule has 4 aromatic rings. The Balaban J connectivity index is 0.000000474. The van der Waals surface area contributed by atoms with Gasteiger partial charge in [0.15, 0.2) is 35.3 Å². The molecule has 10 N–H and O–H groups in total. The molecular formula is C90H136N10O28P2S4. The number of likely N-dealkylation sites (N-methyl/N-ethyl adjacent to an activating group) is 2. The van der Waals surface area contributed by atoms with Crippen LogP contribution in [0, 0.1) is 47.3 Å². The van der Waals surface area contributed by atoms with Crippen molar-refractivity contribution in [2.75, 3.05) is 57.7 Å². The molecule has 38 nitrogen and oxygen atoms in total. The number of phosphoric acid groups is 2. The first-order valence-corrected chi connectivity index (χ1v) is 50.9. The van der Waals surface area contributed by atoms with Gasteiger partial charge in [0.25, 0.3) is 11.8 Å². The molecule has 6 amide bonds. The number of carbonyl (C=O) groups excluding carboxylic acids is 12. The van der Waals surface area contributed by atoms with Crippen LogP contribution in [0.2, 0.25) is 0 Å². The van der Waals surface area contributed by atoms with Crippen molar-refractivity contribution >= 4 is 158 Å². The molecule has 4 heterocycles. The second-order valence-corrected chi connectivity index (χ2v) is 41.9. The molecule has 44 heteroatoms. The molecule has 0 spiro atoms. The third kappa shape index (κ3) is 39.0. The number of piperidine rings is 2. The van der Waals surface area contributed by atoms with Crippen molar-refractivity contribution in [2.45, 2.75) is 279 Å². The molecule has 14 atom stereocenters. The molecule has 2 unspecified atom stereocenters. The number of nitrogens with zero attached hydrogens (tertiary/aromatic N) is 6. The molecule has 2 aliphatic rings. The third-order valence-electron chi connectivity index (χ3n) is 23.9. The molecule has 2 aliphatic heterocycles. The minimum absolute atomic E-state index is 0.000172. The van der Waals surface area contributed by atoms with Gasteiger partial charge in [-0.05, 0) is 156 Å². The molecule has 2 saturated heterocycles. The third-order valence-corrected chi connectivity index (χ3v) is 27.1. The van der Waals surface area contributed by atoms with Crippen molar-refractivity contribution < 1.29 is 134 Å². The Morgan fingerprint density at radius 3 is 1.25 bits per heavy atom. The summed E-state index contributed by atoms with van der Waals surface area (Å²) in [6.45, 7) is 26.4. The number of benzene rings is 2. The maximum Gasteiger partial charge on any atom is 0.529 e. The van der Waals surface area contributed by atoms with Crippen LogP contribution < -0.4 is 30.7 Å². The second kappa shape index (κ2) is 54.4. The minimum Gasteiger partial charge on any atom is -0.481 e. The van der Waals surface area contributed by atoms with E-state index in [4.69, 9.17) is 38.5 Å². The number of Topliss-reactive ketones (excluding diaryl/α,β-unsaturated/α-hetero) is 2. The smallest absolute Gasteiger partial charge is 0.481 e. The van der Waals surface area contributed by atoms with Gasteiger partial charge in [-0.2, -0.15) is 25.3 Å². The van der Waals surface area contributed by atoms with Crippen LogP contribution in [0.15, 0.2) is 47.2 Å². The number of thiazole rings is 2. The van der Waals surface area contributed by atoms with E-state index in [1.165, 1.54) is 74.9 Å². The maximum atomic E-state index is 14.4. The first-order chi connectivity index (χ1) is 62.5. The van der Waals surface area contributed by atoms with E-state index in [0.29, 0.717) is 42.6 Å². The van der Waals surface area contributed by atoms with Gasteiger partial charge < -0.3 is 69.3 Å². The van der Waals surface area contributed by atoms with Gasteiger partial charge in [0.2, 0.25) is 23.6 Å². The highest BCUT2D eigenvalue weighted by molar-refractivity contribution is 7.81. The summed E-state index contributed by atoms with van der Waals surface area (Å²) in [7, 11) is -3.25. The first kappa shape index (κ1) is 116. The van der Waals surface area contributed by atoms with Crippen LogP contribution in [-0.4, -0.2) is 231 Å². The van der Waals surface area contributed by atoms with Gasteiger partial charge in [0, 0.05) is 118 Å². The number of anilines is 2. The molecule has 0 bridgehead atoms. The Bertz CT molecular complexity index is 4790. The second-order valence-electron chi connectivity index (χ2n) is 36.1. The van der Waals surface area contributed by atoms with Crippen LogP contribution in [0.25, 0.3) is 0 Å². The van der Waals surface area contributed by atoms with Gasteiger partial charge in [0.05, 0.1) is 35.3 Å². The zero-order chi connectivity index (χ0) is 101. The predicted octanol–water partition coefficient (Wildman–Crippen LogP) is 13.6. The number of phosphoric ester groups is 2. The number of aromatic nitrogens is 2. The number of aliphatic carboxylic acids is 2. The van der Waals surface area contributed by atoms with E-state index in [0.717, 1.165) is 74.3 Å². The van der Waals surface area contributed by atoms with Gasteiger partial charge in [-0.3, -0.25) is 86.9 Å². The van der Waals surface area contributed by atoms with E-state index in [2.05, 4.69) is 75.3 Å². The lowest BCUT2D eigenvalue weighted by Gasteiger charge is -2.37. The largest absolute Gasteiger partial charge is 0.529 e. The van der Waals surface area contributed by atoms with Crippen LogP contribution in [-0.2, 0) is 88.4 Å². The zero-order valence-corrected chi connectivity index (χ0v) is 84.8. The molecule has 2 fully saturated rings. The average molecular weight is 2000 g/mol. The highest BCUT2D eigenvalue weighted by Crippen LogP contribution is 2.42. The number of thiol groups is 2.